The van der Waals surface area contributed by atoms with Crippen LogP contribution >= 0.6 is 0 Å². The van der Waals surface area contributed by atoms with Crippen molar-refractivity contribution in [3.63, 3.8) is 0 Å². The fourth-order valence-corrected chi connectivity index (χ4v) is 6.75. The van der Waals surface area contributed by atoms with E-state index in [-0.39, 0.29) is 36.2 Å². The quantitative estimate of drug-likeness (QED) is 0.0285. The van der Waals surface area contributed by atoms with Gasteiger partial charge in [-0.3, -0.25) is 9.59 Å². The molecule has 2 atom stereocenters. The fourth-order valence-electron chi connectivity index (χ4n) is 6.75. The minimum Gasteiger partial charge on any atom is -0.477 e. The van der Waals surface area contributed by atoms with E-state index in [1.54, 1.807) is 0 Å². The number of aliphatic carboxylic acids is 1. The van der Waals surface area contributed by atoms with Gasteiger partial charge in [0, 0.05) is 19.3 Å². The van der Waals surface area contributed by atoms with Gasteiger partial charge in [0.25, 0.3) is 0 Å². The van der Waals surface area contributed by atoms with Gasteiger partial charge in [-0.25, -0.2) is 4.79 Å². The molecule has 0 radical (unpaired) electrons. The summed E-state index contributed by atoms with van der Waals surface area (Å²) in [6.45, 7) is 4.61. The maximum atomic E-state index is 12.7. The van der Waals surface area contributed by atoms with Crippen LogP contribution in [0.15, 0.2) is 36.5 Å². The van der Waals surface area contributed by atoms with Crippen molar-refractivity contribution >= 4 is 17.9 Å². The van der Waals surface area contributed by atoms with E-state index < -0.39 is 18.1 Å². The van der Waals surface area contributed by atoms with Crippen molar-refractivity contribution in [3.8, 4) is 0 Å². The molecular weight excluding hydrogens is 703 g/mol. The Morgan fingerprint density at radius 3 is 1.48 bits per heavy atom. The van der Waals surface area contributed by atoms with Gasteiger partial charge in [-0.2, -0.15) is 0 Å². The second kappa shape index (κ2) is 39.4. The molecule has 0 spiro atoms. The van der Waals surface area contributed by atoms with Crippen molar-refractivity contribution in [2.75, 3.05) is 41.0 Å². The van der Waals surface area contributed by atoms with Crippen molar-refractivity contribution in [1.29, 1.82) is 0 Å². The number of likely N-dealkylation sites (N-methyl/N-ethyl adjacent to an activating group) is 1. The third-order valence-corrected chi connectivity index (χ3v) is 10.3. The van der Waals surface area contributed by atoms with Crippen LogP contribution in [0, 0.1) is 0 Å². The van der Waals surface area contributed by atoms with E-state index in [1.807, 2.05) is 21.1 Å². The maximum absolute atomic E-state index is 12.7. The molecule has 8 heteroatoms. The molecule has 0 aliphatic rings. The lowest BCUT2D eigenvalue weighted by atomic mass is 10.0. The Morgan fingerprint density at radius 2 is 1.00 bits per heavy atom. The molecule has 1 N–H and O–H groups in total. The average molecular weight is 791 g/mol. The smallest absolute Gasteiger partial charge is 0.362 e. The summed E-state index contributed by atoms with van der Waals surface area (Å²) < 4.78 is 17.3. The van der Waals surface area contributed by atoms with Crippen molar-refractivity contribution < 1.29 is 38.2 Å². The van der Waals surface area contributed by atoms with Gasteiger partial charge in [-0.1, -0.05) is 172 Å². The van der Waals surface area contributed by atoms with Gasteiger partial charge in [0.05, 0.1) is 34.4 Å². The number of carbonyl (C=O) groups is 3. The number of nitrogens with zero attached hydrogens (tertiary/aromatic N) is 1. The third kappa shape index (κ3) is 37.1. The van der Waals surface area contributed by atoms with Crippen LogP contribution in [0.4, 0.5) is 0 Å². The van der Waals surface area contributed by atoms with Crippen LogP contribution in [0.2, 0.25) is 0 Å². The Balaban J connectivity index is 4.28. The van der Waals surface area contributed by atoms with E-state index in [2.05, 4.69) is 50.3 Å². The van der Waals surface area contributed by atoms with Gasteiger partial charge >= 0.3 is 17.9 Å². The molecule has 0 saturated heterocycles. The molecule has 2 unspecified atom stereocenters. The molecule has 0 amide bonds. The summed E-state index contributed by atoms with van der Waals surface area (Å²) in [6.07, 6.45) is 44.8. The summed E-state index contributed by atoms with van der Waals surface area (Å²) in [5, 5.41) is 9.62. The highest BCUT2D eigenvalue weighted by atomic mass is 16.6. The van der Waals surface area contributed by atoms with Crippen molar-refractivity contribution in [1.82, 2.24) is 0 Å². The molecule has 0 fully saturated rings. The fraction of sp³-hybridized carbons (Fsp3) is 0.812. The zero-order chi connectivity index (χ0) is 41.4. The molecule has 0 saturated carbocycles. The Hall–Kier alpha value is -2.45. The first kappa shape index (κ1) is 53.6. The number of hydrogen-bond donors (Lipinski definition) is 1. The predicted molar refractivity (Wildman–Crippen MR) is 234 cm³/mol. The Morgan fingerprint density at radius 1 is 0.554 bits per heavy atom. The molecule has 0 rings (SSSR count). The van der Waals surface area contributed by atoms with Crippen LogP contribution < -0.4 is 0 Å². The molecule has 326 valence electrons. The molecule has 0 aromatic heterocycles. The van der Waals surface area contributed by atoms with Gasteiger partial charge in [0.15, 0.2) is 12.1 Å². The number of allylic oxidation sites excluding steroid dienone is 6. The largest absolute Gasteiger partial charge is 0.477 e. The van der Waals surface area contributed by atoms with Crippen LogP contribution in [0.25, 0.3) is 0 Å². The summed E-state index contributed by atoms with van der Waals surface area (Å²) in [5.74, 6) is -1.50. The summed E-state index contributed by atoms with van der Waals surface area (Å²) in [4.78, 5) is 37.0. The monoisotopic (exact) mass is 791 g/mol. The SMILES string of the molecule is CC/C=C\C/C=C\C/C=C\CCCCCC(=O)OC(COCCC(C(=O)O)[N+](C)(C)C)COC(=O)CCCCCCCCCCCCCCCCCCCCC. The average Bonchev–Trinajstić information content (AvgIpc) is 3.15. The highest BCUT2D eigenvalue weighted by Gasteiger charge is 2.31. The number of ether oxygens (including phenoxy) is 3. The summed E-state index contributed by atoms with van der Waals surface area (Å²) >= 11 is 0. The minimum atomic E-state index is -0.879. The maximum Gasteiger partial charge on any atom is 0.362 e. The first-order valence-corrected chi connectivity index (χ1v) is 23.0. The number of rotatable bonds is 41. The lowest BCUT2D eigenvalue weighted by Crippen LogP contribution is -2.50. The molecule has 8 nitrogen and oxygen atoms in total. The number of quaternary nitrogens is 1. The van der Waals surface area contributed by atoms with Crippen LogP contribution in [0.5, 0.6) is 0 Å². The van der Waals surface area contributed by atoms with E-state index in [1.165, 1.54) is 103 Å². The molecule has 0 aliphatic carbocycles. The first-order valence-electron chi connectivity index (χ1n) is 23.0. The van der Waals surface area contributed by atoms with E-state index in [0.717, 1.165) is 64.2 Å². The number of carbonyl (C=O) groups excluding carboxylic acids is 2. The predicted octanol–water partition coefficient (Wildman–Crippen LogP) is 12.6. The molecule has 0 aromatic carbocycles. The van der Waals surface area contributed by atoms with E-state index >= 15 is 0 Å². The van der Waals surface area contributed by atoms with Crippen molar-refractivity contribution in [2.45, 2.75) is 212 Å². The molecule has 0 bridgehead atoms. The number of hydrogen-bond acceptors (Lipinski definition) is 6. The van der Waals surface area contributed by atoms with Crippen molar-refractivity contribution in [3.05, 3.63) is 36.5 Å². The topological polar surface area (TPSA) is 99.1 Å². The lowest BCUT2D eigenvalue weighted by molar-refractivity contribution is -0.887. The van der Waals surface area contributed by atoms with Gasteiger partial charge in [-0.15, -0.1) is 0 Å². The number of carboxylic acid groups (broad SMARTS) is 1. The third-order valence-electron chi connectivity index (χ3n) is 10.3. The van der Waals surface area contributed by atoms with E-state index in [9.17, 15) is 19.5 Å². The van der Waals surface area contributed by atoms with Gasteiger partial charge < -0.3 is 23.8 Å². The van der Waals surface area contributed by atoms with Crippen LogP contribution in [0.3, 0.4) is 0 Å². The van der Waals surface area contributed by atoms with Crippen LogP contribution in [0.1, 0.15) is 200 Å². The number of carboxylic acids is 1. The Bertz CT molecular complexity index is 1020. The van der Waals surface area contributed by atoms with Crippen molar-refractivity contribution in [2.24, 2.45) is 0 Å². The normalized spacial score (nSPS) is 13.2. The lowest BCUT2D eigenvalue weighted by Gasteiger charge is -2.31. The van der Waals surface area contributed by atoms with E-state index in [4.69, 9.17) is 14.2 Å². The second-order valence-corrected chi connectivity index (χ2v) is 16.6. The van der Waals surface area contributed by atoms with Gasteiger partial charge in [0.1, 0.15) is 6.61 Å². The van der Waals surface area contributed by atoms with E-state index in [0.29, 0.717) is 19.3 Å². The molecule has 0 aliphatic heterocycles. The summed E-state index contributed by atoms with van der Waals surface area (Å²) in [5.41, 5.74) is 0. The molecule has 0 aromatic rings. The molecular formula is C48H88NO7+. The zero-order valence-electron chi connectivity index (χ0n) is 37.1. The minimum absolute atomic E-state index is 0.0515. The number of unbranched alkanes of at least 4 members (excludes halogenated alkanes) is 21. The second-order valence-electron chi connectivity index (χ2n) is 16.6. The van der Waals surface area contributed by atoms with Crippen LogP contribution in [-0.4, -0.2) is 80.6 Å². The molecule has 0 heterocycles. The highest BCUT2D eigenvalue weighted by Crippen LogP contribution is 2.16. The van der Waals surface area contributed by atoms with Gasteiger partial charge in [-0.05, 0) is 44.9 Å². The number of esters is 2. The highest BCUT2D eigenvalue weighted by molar-refractivity contribution is 5.72. The van der Waals surface area contributed by atoms with Crippen LogP contribution in [-0.2, 0) is 28.6 Å². The Kier molecular flexibility index (Phi) is 37.7. The first-order chi connectivity index (χ1) is 27.1. The molecule has 56 heavy (non-hydrogen) atoms. The zero-order valence-corrected chi connectivity index (χ0v) is 37.1. The summed E-state index contributed by atoms with van der Waals surface area (Å²) in [7, 11) is 5.52. The Labute approximate surface area is 344 Å². The summed E-state index contributed by atoms with van der Waals surface area (Å²) in [6, 6.07) is -0.618. The van der Waals surface area contributed by atoms with Gasteiger partial charge in [0.2, 0.25) is 0 Å². The standard InChI is InChI=1S/C48H87NO7/c1-6-8-10-12-14-16-18-20-21-22-23-24-25-27-28-30-32-34-36-38-46(50)55-43-44(42-54-41-40-45(48(52)53)49(3,4)5)56-47(51)39-37-35-33-31-29-26-19-17-15-13-11-9-7-2/h9,11,15,17,26,29,44-45H,6-8,10,12-14,16,18-25,27-28,30-43H2,1-5H3/p+1/b11-9-,17-15-,29-26-.